The average molecular weight is 323 g/mol. The lowest BCUT2D eigenvalue weighted by Crippen LogP contribution is -2.03. The maximum Gasteiger partial charge on any atom is 0.126 e. The predicted molar refractivity (Wildman–Crippen MR) is 85.2 cm³/mol. The van der Waals surface area contributed by atoms with E-state index in [1.165, 1.54) is 6.07 Å². The molecule has 0 fully saturated rings. The monoisotopic (exact) mass is 322 g/mol. The minimum absolute atomic E-state index is 0.229. The number of nitrogens with zero attached hydrogens (tertiary/aromatic N) is 2. The van der Waals surface area contributed by atoms with Gasteiger partial charge in [-0.25, -0.2) is 9.37 Å². The second-order valence-corrected chi connectivity index (χ2v) is 5.63. The van der Waals surface area contributed by atoms with Gasteiger partial charge in [0.05, 0.1) is 16.1 Å². The lowest BCUT2D eigenvalue weighted by molar-refractivity contribution is 0.618. The molecule has 0 atom stereocenters. The molecule has 1 heterocycles. The van der Waals surface area contributed by atoms with Crippen LogP contribution in [0.25, 0.3) is 16.7 Å². The van der Waals surface area contributed by atoms with Crippen molar-refractivity contribution in [3.8, 4) is 5.69 Å². The van der Waals surface area contributed by atoms with E-state index >= 15 is 0 Å². The first-order chi connectivity index (χ1) is 10.1. The van der Waals surface area contributed by atoms with Crippen LogP contribution in [0.4, 0.5) is 4.39 Å². The first-order valence-electron chi connectivity index (χ1n) is 6.60. The Balaban J connectivity index is 2.32. The van der Waals surface area contributed by atoms with Gasteiger partial charge < -0.3 is 0 Å². The van der Waals surface area contributed by atoms with Gasteiger partial charge in [-0.15, -0.1) is 11.6 Å². The molecule has 0 saturated heterocycles. The highest BCUT2D eigenvalue weighted by Gasteiger charge is 2.15. The van der Waals surface area contributed by atoms with Crippen LogP contribution in [0.2, 0.25) is 5.02 Å². The Morgan fingerprint density at radius 2 is 2.05 bits per heavy atom. The van der Waals surface area contributed by atoms with Crippen molar-refractivity contribution >= 4 is 34.2 Å². The van der Waals surface area contributed by atoms with Crippen molar-refractivity contribution in [2.75, 3.05) is 5.88 Å². The van der Waals surface area contributed by atoms with E-state index in [9.17, 15) is 4.39 Å². The van der Waals surface area contributed by atoms with Gasteiger partial charge in [0.1, 0.15) is 11.6 Å². The van der Waals surface area contributed by atoms with Gasteiger partial charge in [-0.05, 0) is 42.8 Å². The van der Waals surface area contributed by atoms with Crippen molar-refractivity contribution in [3.63, 3.8) is 0 Å². The second kappa shape index (κ2) is 5.66. The van der Waals surface area contributed by atoms with Crippen molar-refractivity contribution in [1.82, 2.24) is 9.55 Å². The number of para-hydroxylation sites is 1. The fourth-order valence-corrected chi connectivity index (χ4v) is 2.86. The normalized spacial score (nSPS) is 11.2. The lowest BCUT2D eigenvalue weighted by Gasteiger charge is -2.10. The molecule has 0 unspecified atom stereocenters. The molecule has 0 amide bonds. The van der Waals surface area contributed by atoms with E-state index in [1.807, 2.05) is 22.8 Å². The highest BCUT2D eigenvalue weighted by atomic mass is 35.5. The highest BCUT2D eigenvalue weighted by molar-refractivity contribution is 6.35. The molecule has 0 bridgehead atoms. The topological polar surface area (TPSA) is 17.8 Å². The number of fused-ring (bicyclic) bond motifs is 1. The van der Waals surface area contributed by atoms with E-state index in [0.29, 0.717) is 22.9 Å². The number of aryl methyl sites for hydroxylation is 2. The lowest BCUT2D eigenvalue weighted by atomic mass is 10.2. The number of imidazole rings is 1. The summed E-state index contributed by atoms with van der Waals surface area (Å²) in [5, 5.41) is 0.614. The maximum absolute atomic E-state index is 13.5. The van der Waals surface area contributed by atoms with Crippen LogP contribution >= 0.6 is 23.2 Å². The van der Waals surface area contributed by atoms with Crippen molar-refractivity contribution in [2.24, 2.45) is 0 Å². The van der Waals surface area contributed by atoms with Crippen LogP contribution in [0.5, 0.6) is 0 Å². The van der Waals surface area contributed by atoms with Crippen LogP contribution in [-0.2, 0) is 6.42 Å². The minimum atomic E-state index is -0.229. The first-order valence-corrected chi connectivity index (χ1v) is 7.51. The largest absolute Gasteiger partial charge is 0.295 e. The molecule has 3 rings (SSSR count). The van der Waals surface area contributed by atoms with E-state index < -0.39 is 0 Å². The maximum atomic E-state index is 13.5. The SMILES string of the molecule is Cc1cc(-n2c(CCCl)nc3cccc(Cl)c32)ccc1F. The quantitative estimate of drug-likeness (QED) is 0.626. The van der Waals surface area contributed by atoms with Crippen molar-refractivity contribution < 1.29 is 4.39 Å². The van der Waals surface area contributed by atoms with E-state index in [-0.39, 0.29) is 5.82 Å². The molecule has 0 saturated carbocycles. The van der Waals surface area contributed by atoms with Crippen LogP contribution in [0.3, 0.4) is 0 Å². The summed E-state index contributed by atoms with van der Waals surface area (Å²) in [5.41, 5.74) is 3.05. The molecule has 1 aromatic heterocycles. The molecule has 108 valence electrons. The van der Waals surface area contributed by atoms with Gasteiger partial charge in [0.25, 0.3) is 0 Å². The summed E-state index contributed by atoms with van der Waals surface area (Å²) in [4.78, 5) is 4.59. The van der Waals surface area contributed by atoms with Gasteiger partial charge in [-0.2, -0.15) is 0 Å². The molecule has 0 spiro atoms. The van der Waals surface area contributed by atoms with Gasteiger partial charge in [-0.1, -0.05) is 17.7 Å². The summed E-state index contributed by atoms with van der Waals surface area (Å²) >= 11 is 12.2. The molecule has 21 heavy (non-hydrogen) atoms. The van der Waals surface area contributed by atoms with Gasteiger partial charge >= 0.3 is 0 Å². The molecule has 2 aromatic carbocycles. The van der Waals surface area contributed by atoms with Gasteiger partial charge in [0.2, 0.25) is 0 Å². The molecule has 0 radical (unpaired) electrons. The van der Waals surface area contributed by atoms with E-state index in [4.69, 9.17) is 23.2 Å². The number of hydrogen-bond acceptors (Lipinski definition) is 1. The Labute approximate surface area is 132 Å². The third-order valence-corrected chi connectivity index (χ3v) is 3.91. The third kappa shape index (κ3) is 2.52. The van der Waals surface area contributed by atoms with Crippen LogP contribution in [-0.4, -0.2) is 15.4 Å². The summed E-state index contributed by atoms with van der Waals surface area (Å²) in [5.74, 6) is 1.05. The van der Waals surface area contributed by atoms with Gasteiger partial charge in [0, 0.05) is 18.0 Å². The third-order valence-electron chi connectivity index (χ3n) is 3.41. The number of hydrogen-bond donors (Lipinski definition) is 0. The van der Waals surface area contributed by atoms with Crippen molar-refractivity contribution in [3.05, 3.63) is 58.6 Å². The Morgan fingerprint density at radius 3 is 2.76 bits per heavy atom. The number of rotatable bonds is 3. The Hall–Kier alpha value is -1.58. The molecule has 0 aliphatic heterocycles. The fraction of sp³-hybridized carbons (Fsp3) is 0.188. The van der Waals surface area contributed by atoms with E-state index in [2.05, 4.69) is 4.98 Å². The first kappa shape index (κ1) is 14.4. The summed E-state index contributed by atoms with van der Waals surface area (Å²) in [6.07, 6.45) is 0.614. The predicted octanol–water partition coefficient (Wildman–Crippen LogP) is 4.91. The van der Waals surface area contributed by atoms with E-state index in [0.717, 1.165) is 22.5 Å². The number of aromatic nitrogens is 2. The fourth-order valence-electron chi connectivity index (χ4n) is 2.43. The zero-order valence-electron chi connectivity index (χ0n) is 11.4. The van der Waals surface area contributed by atoms with Crippen molar-refractivity contribution in [2.45, 2.75) is 13.3 Å². The molecule has 5 heteroatoms. The van der Waals surface area contributed by atoms with Crippen LogP contribution in [0, 0.1) is 12.7 Å². The van der Waals surface area contributed by atoms with Crippen LogP contribution < -0.4 is 0 Å². The standard InChI is InChI=1S/C16H13Cl2FN2/c1-10-9-11(5-6-13(10)19)21-15(7-8-17)20-14-4-2-3-12(18)16(14)21/h2-6,9H,7-8H2,1H3. The summed E-state index contributed by atoms with van der Waals surface area (Å²) in [6, 6.07) is 10.6. The van der Waals surface area contributed by atoms with Gasteiger partial charge in [-0.3, -0.25) is 4.57 Å². The smallest absolute Gasteiger partial charge is 0.126 e. The summed E-state index contributed by atoms with van der Waals surface area (Å²) in [7, 11) is 0. The Kier molecular flexibility index (Phi) is 3.87. The zero-order valence-corrected chi connectivity index (χ0v) is 12.9. The molecule has 3 aromatic rings. The van der Waals surface area contributed by atoms with Gasteiger partial charge in [0.15, 0.2) is 0 Å². The number of halogens is 3. The highest BCUT2D eigenvalue weighted by Crippen LogP contribution is 2.29. The Bertz CT molecular complexity index is 811. The molecule has 0 aliphatic carbocycles. The van der Waals surface area contributed by atoms with Crippen LogP contribution in [0.1, 0.15) is 11.4 Å². The molecular weight excluding hydrogens is 310 g/mol. The number of benzene rings is 2. The van der Waals surface area contributed by atoms with Crippen molar-refractivity contribution in [1.29, 1.82) is 0 Å². The minimum Gasteiger partial charge on any atom is -0.295 e. The summed E-state index contributed by atoms with van der Waals surface area (Å²) in [6.45, 7) is 1.74. The van der Waals surface area contributed by atoms with E-state index in [1.54, 1.807) is 19.1 Å². The molecular formula is C16H13Cl2FN2. The second-order valence-electron chi connectivity index (χ2n) is 4.84. The average Bonchev–Trinajstić information content (AvgIpc) is 2.82. The number of alkyl halides is 1. The molecule has 0 aliphatic rings. The van der Waals surface area contributed by atoms with Crippen LogP contribution in [0.15, 0.2) is 36.4 Å². The Morgan fingerprint density at radius 1 is 1.24 bits per heavy atom. The summed E-state index contributed by atoms with van der Waals surface area (Å²) < 4.78 is 15.5. The molecule has 0 N–H and O–H groups in total. The molecule has 2 nitrogen and oxygen atoms in total. The zero-order chi connectivity index (χ0) is 15.0.